The predicted molar refractivity (Wildman–Crippen MR) is 71.0 cm³/mol. The molecule has 1 aliphatic carbocycles. The Labute approximate surface area is 112 Å². The highest BCUT2D eigenvalue weighted by Crippen LogP contribution is 2.25. The van der Waals surface area contributed by atoms with Gasteiger partial charge in [-0.15, -0.1) is 0 Å². The summed E-state index contributed by atoms with van der Waals surface area (Å²) in [6, 6.07) is 3.72. The maximum Gasteiger partial charge on any atom is 0.222 e. The predicted octanol–water partition coefficient (Wildman–Crippen LogP) is 0.784. The molecule has 0 radical (unpaired) electrons. The molecule has 1 aromatic rings. The molecular formula is C14H19N3O2. The number of aromatic nitrogens is 1. The van der Waals surface area contributed by atoms with Crippen LogP contribution in [0.2, 0.25) is 0 Å². The second-order valence-corrected chi connectivity index (χ2v) is 4.98. The summed E-state index contributed by atoms with van der Waals surface area (Å²) in [7, 11) is 0. The molecule has 5 nitrogen and oxygen atoms in total. The van der Waals surface area contributed by atoms with Gasteiger partial charge in [0.2, 0.25) is 11.8 Å². The highest BCUT2D eigenvalue weighted by Gasteiger charge is 2.32. The zero-order chi connectivity index (χ0) is 13.7. The Morgan fingerprint density at radius 2 is 2.26 bits per heavy atom. The van der Waals surface area contributed by atoms with E-state index in [4.69, 9.17) is 5.73 Å². The Morgan fingerprint density at radius 1 is 1.42 bits per heavy atom. The van der Waals surface area contributed by atoms with Crippen LogP contribution in [0.25, 0.3) is 0 Å². The van der Waals surface area contributed by atoms with Gasteiger partial charge in [-0.25, -0.2) is 0 Å². The molecule has 1 heterocycles. The number of hydrogen-bond donors (Lipinski definition) is 2. The highest BCUT2D eigenvalue weighted by atomic mass is 16.2. The standard InChI is InChI=1S/C14H19N3O2/c15-14(19)11-4-1-5-12(11)17-13(18)7-6-10-3-2-8-16-9-10/h2-3,8-9,11-12H,1,4-7H2,(H2,15,19)(H,17,18)/t11-,12+/m0/s1. The number of primary amides is 1. The molecular weight excluding hydrogens is 242 g/mol. The molecule has 19 heavy (non-hydrogen) atoms. The molecule has 1 aliphatic rings. The Balaban J connectivity index is 1.80. The summed E-state index contributed by atoms with van der Waals surface area (Å²) >= 11 is 0. The molecule has 1 aromatic heterocycles. The third-order valence-corrected chi connectivity index (χ3v) is 3.59. The van der Waals surface area contributed by atoms with Crippen molar-refractivity contribution in [3.05, 3.63) is 30.1 Å². The Hall–Kier alpha value is -1.91. The van der Waals surface area contributed by atoms with E-state index >= 15 is 0 Å². The Morgan fingerprint density at radius 3 is 2.95 bits per heavy atom. The van der Waals surface area contributed by atoms with Crippen molar-refractivity contribution in [2.45, 2.75) is 38.1 Å². The molecule has 3 N–H and O–H groups in total. The molecule has 1 saturated carbocycles. The average molecular weight is 261 g/mol. The lowest BCUT2D eigenvalue weighted by Crippen LogP contribution is -2.42. The fourth-order valence-electron chi connectivity index (χ4n) is 2.56. The van der Waals surface area contributed by atoms with Crippen LogP contribution < -0.4 is 11.1 Å². The first kappa shape index (κ1) is 13.5. The molecule has 0 spiro atoms. The van der Waals surface area contributed by atoms with Crippen LogP contribution in [0.1, 0.15) is 31.2 Å². The molecule has 0 bridgehead atoms. The lowest BCUT2D eigenvalue weighted by atomic mass is 10.0. The minimum atomic E-state index is -0.310. The number of nitrogens with zero attached hydrogens (tertiary/aromatic N) is 1. The van der Waals surface area contributed by atoms with Crippen LogP contribution >= 0.6 is 0 Å². The van der Waals surface area contributed by atoms with Gasteiger partial charge in [-0.1, -0.05) is 12.5 Å². The van der Waals surface area contributed by atoms with E-state index < -0.39 is 0 Å². The lowest BCUT2D eigenvalue weighted by molar-refractivity contribution is -0.124. The first-order valence-electron chi connectivity index (χ1n) is 6.64. The van der Waals surface area contributed by atoms with Crippen LogP contribution in [0.5, 0.6) is 0 Å². The lowest BCUT2D eigenvalue weighted by Gasteiger charge is -2.18. The second-order valence-electron chi connectivity index (χ2n) is 4.98. The van der Waals surface area contributed by atoms with Crippen molar-refractivity contribution >= 4 is 11.8 Å². The van der Waals surface area contributed by atoms with E-state index in [0.29, 0.717) is 12.8 Å². The number of carbonyl (C=O) groups is 2. The largest absolute Gasteiger partial charge is 0.369 e. The van der Waals surface area contributed by atoms with Gasteiger partial charge in [0.15, 0.2) is 0 Å². The normalized spacial score (nSPS) is 22.1. The molecule has 5 heteroatoms. The number of rotatable bonds is 5. The number of pyridine rings is 1. The summed E-state index contributed by atoms with van der Waals surface area (Å²) in [6.07, 6.45) is 7.10. The molecule has 2 rings (SSSR count). The van der Waals surface area contributed by atoms with Crippen LogP contribution in [0.4, 0.5) is 0 Å². The number of nitrogens with two attached hydrogens (primary N) is 1. The van der Waals surface area contributed by atoms with Crippen molar-refractivity contribution in [1.82, 2.24) is 10.3 Å². The molecule has 0 unspecified atom stereocenters. The first-order chi connectivity index (χ1) is 9.16. The quantitative estimate of drug-likeness (QED) is 0.821. The van der Waals surface area contributed by atoms with Crippen molar-refractivity contribution in [1.29, 1.82) is 0 Å². The summed E-state index contributed by atoms with van der Waals surface area (Å²) in [5.41, 5.74) is 6.37. The van der Waals surface area contributed by atoms with Crippen molar-refractivity contribution in [3.8, 4) is 0 Å². The van der Waals surface area contributed by atoms with Crippen molar-refractivity contribution < 1.29 is 9.59 Å². The minimum absolute atomic E-state index is 0.0259. The zero-order valence-electron chi connectivity index (χ0n) is 10.8. The van der Waals surface area contributed by atoms with Crippen LogP contribution in [-0.4, -0.2) is 22.8 Å². The average Bonchev–Trinajstić information content (AvgIpc) is 2.86. The molecule has 102 valence electrons. The maximum atomic E-state index is 11.9. The topological polar surface area (TPSA) is 85.1 Å². The van der Waals surface area contributed by atoms with E-state index in [1.54, 1.807) is 12.4 Å². The summed E-state index contributed by atoms with van der Waals surface area (Å²) in [5, 5.41) is 2.92. The van der Waals surface area contributed by atoms with Gasteiger partial charge in [0.25, 0.3) is 0 Å². The van der Waals surface area contributed by atoms with E-state index in [1.165, 1.54) is 0 Å². The summed E-state index contributed by atoms with van der Waals surface area (Å²) in [4.78, 5) is 27.1. The van der Waals surface area contributed by atoms with E-state index in [9.17, 15) is 9.59 Å². The smallest absolute Gasteiger partial charge is 0.222 e. The molecule has 0 aliphatic heterocycles. The van der Waals surface area contributed by atoms with Gasteiger partial charge in [0.1, 0.15) is 0 Å². The van der Waals surface area contributed by atoms with Gasteiger partial charge in [0, 0.05) is 24.9 Å². The minimum Gasteiger partial charge on any atom is -0.369 e. The van der Waals surface area contributed by atoms with E-state index in [0.717, 1.165) is 24.8 Å². The van der Waals surface area contributed by atoms with E-state index in [2.05, 4.69) is 10.3 Å². The van der Waals surface area contributed by atoms with Crippen LogP contribution in [0.3, 0.4) is 0 Å². The van der Waals surface area contributed by atoms with Crippen LogP contribution in [0.15, 0.2) is 24.5 Å². The van der Waals surface area contributed by atoms with Gasteiger partial charge in [-0.3, -0.25) is 14.6 Å². The Bertz CT molecular complexity index is 447. The zero-order valence-corrected chi connectivity index (χ0v) is 10.8. The molecule has 2 atom stereocenters. The SMILES string of the molecule is NC(=O)[C@H]1CCC[C@H]1NC(=O)CCc1cccnc1. The molecule has 0 aromatic carbocycles. The van der Waals surface area contributed by atoms with Crippen molar-refractivity contribution in [3.63, 3.8) is 0 Å². The van der Waals surface area contributed by atoms with E-state index in [1.807, 2.05) is 12.1 Å². The molecule has 2 amide bonds. The van der Waals surface area contributed by atoms with Gasteiger partial charge in [0.05, 0.1) is 5.92 Å². The number of carbonyl (C=O) groups excluding carboxylic acids is 2. The van der Waals surface area contributed by atoms with Crippen LogP contribution in [0, 0.1) is 5.92 Å². The first-order valence-corrected chi connectivity index (χ1v) is 6.64. The van der Waals surface area contributed by atoms with Gasteiger partial charge in [-0.2, -0.15) is 0 Å². The van der Waals surface area contributed by atoms with Gasteiger partial charge in [-0.05, 0) is 30.9 Å². The Kier molecular flexibility index (Phi) is 4.49. The summed E-state index contributed by atoms with van der Waals surface area (Å²) in [5.74, 6) is -0.542. The maximum absolute atomic E-state index is 11.9. The van der Waals surface area contributed by atoms with Crippen molar-refractivity contribution in [2.24, 2.45) is 11.7 Å². The summed E-state index contributed by atoms with van der Waals surface area (Å²) in [6.45, 7) is 0. The summed E-state index contributed by atoms with van der Waals surface area (Å²) < 4.78 is 0. The fourth-order valence-corrected chi connectivity index (χ4v) is 2.56. The van der Waals surface area contributed by atoms with Gasteiger partial charge >= 0.3 is 0 Å². The third-order valence-electron chi connectivity index (χ3n) is 3.59. The number of nitrogens with one attached hydrogen (secondary N) is 1. The van der Waals surface area contributed by atoms with Crippen LogP contribution in [-0.2, 0) is 16.0 Å². The molecule has 0 saturated heterocycles. The number of amides is 2. The fraction of sp³-hybridized carbons (Fsp3) is 0.500. The number of hydrogen-bond acceptors (Lipinski definition) is 3. The molecule has 1 fully saturated rings. The van der Waals surface area contributed by atoms with Crippen molar-refractivity contribution in [2.75, 3.05) is 0 Å². The monoisotopic (exact) mass is 261 g/mol. The third kappa shape index (κ3) is 3.77. The highest BCUT2D eigenvalue weighted by molar-refractivity contribution is 5.80. The second kappa shape index (κ2) is 6.31. The number of aryl methyl sites for hydroxylation is 1. The van der Waals surface area contributed by atoms with Gasteiger partial charge < -0.3 is 11.1 Å². The van der Waals surface area contributed by atoms with E-state index in [-0.39, 0.29) is 23.8 Å².